The van der Waals surface area contributed by atoms with Gasteiger partial charge in [0.1, 0.15) is 5.82 Å². The summed E-state index contributed by atoms with van der Waals surface area (Å²) in [5, 5.41) is 0. The second kappa shape index (κ2) is 6.42. The van der Waals surface area contributed by atoms with Gasteiger partial charge < -0.3 is 9.47 Å². The number of carbonyl (C=O) groups is 1. The Labute approximate surface area is 143 Å². The third kappa shape index (κ3) is 2.74. The Balaban J connectivity index is 1.62. The van der Waals surface area contributed by atoms with Gasteiger partial charge in [-0.25, -0.2) is 4.98 Å². The van der Waals surface area contributed by atoms with E-state index < -0.39 is 0 Å². The number of aryl methyl sites for hydroxylation is 1. The number of aromatic nitrogens is 2. The van der Waals surface area contributed by atoms with Crippen LogP contribution < -0.4 is 0 Å². The highest BCUT2D eigenvalue weighted by atomic mass is 16.2. The fourth-order valence-electron chi connectivity index (χ4n) is 4.17. The molecule has 2 atom stereocenters. The SMILES string of the molecule is Cn1c([C@@H]2CCCCN2C(=O)C[C@@H]2C=CCC2)nc2ccccc21. The molecule has 1 aromatic carbocycles. The normalized spacial score (nSPS) is 24.0. The lowest BCUT2D eigenvalue weighted by Crippen LogP contribution is -2.40. The van der Waals surface area contributed by atoms with Gasteiger partial charge in [-0.1, -0.05) is 24.3 Å². The summed E-state index contributed by atoms with van der Waals surface area (Å²) in [7, 11) is 2.07. The number of nitrogens with zero attached hydrogens (tertiary/aromatic N) is 3. The van der Waals surface area contributed by atoms with E-state index in [2.05, 4.69) is 40.8 Å². The lowest BCUT2D eigenvalue weighted by Gasteiger charge is -2.36. The molecule has 0 radical (unpaired) electrons. The highest BCUT2D eigenvalue weighted by Crippen LogP contribution is 2.33. The minimum absolute atomic E-state index is 0.119. The minimum Gasteiger partial charge on any atom is -0.332 e. The van der Waals surface area contributed by atoms with Gasteiger partial charge in [0.15, 0.2) is 0 Å². The lowest BCUT2D eigenvalue weighted by molar-refractivity contribution is -0.136. The number of piperidine rings is 1. The Morgan fingerprint density at radius 1 is 1.25 bits per heavy atom. The molecule has 4 rings (SSSR count). The van der Waals surface area contributed by atoms with Crippen molar-refractivity contribution in [2.45, 2.75) is 44.6 Å². The Bertz CT molecular complexity index is 776. The summed E-state index contributed by atoms with van der Waals surface area (Å²) < 4.78 is 2.17. The molecule has 1 aromatic heterocycles. The van der Waals surface area contributed by atoms with E-state index >= 15 is 0 Å². The quantitative estimate of drug-likeness (QED) is 0.801. The molecule has 2 aliphatic rings. The summed E-state index contributed by atoms with van der Waals surface area (Å²) in [6.07, 6.45) is 10.6. The van der Waals surface area contributed by atoms with Gasteiger partial charge in [0.25, 0.3) is 0 Å². The molecule has 0 saturated carbocycles. The molecule has 4 heteroatoms. The Morgan fingerprint density at radius 3 is 2.92 bits per heavy atom. The summed E-state index contributed by atoms with van der Waals surface area (Å²) >= 11 is 0. The van der Waals surface area contributed by atoms with E-state index in [1.54, 1.807) is 0 Å². The van der Waals surface area contributed by atoms with Crippen LogP contribution in [0.25, 0.3) is 11.0 Å². The standard InChI is InChI=1S/C20H25N3O/c1-22-17-11-5-4-10-16(17)21-20(22)18-12-6-7-13-23(18)19(24)14-15-8-2-3-9-15/h2,4-5,8,10-11,15,18H,3,6-7,9,12-14H2,1H3/t15-,18+/m1/s1. The van der Waals surface area contributed by atoms with Crippen molar-refractivity contribution in [3.63, 3.8) is 0 Å². The van der Waals surface area contributed by atoms with Crippen molar-refractivity contribution in [3.05, 3.63) is 42.2 Å². The summed E-state index contributed by atoms with van der Waals surface area (Å²) in [5.41, 5.74) is 2.16. The third-order valence-corrected chi connectivity index (χ3v) is 5.49. The summed E-state index contributed by atoms with van der Waals surface area (Å²) in [5.74, 6) is 1.76. The van der Waals surface area contributed by atoms with Crippen molar-refractivity contribution in [2.24, 2.45) is 13.0 Å². The molecular weight excluding hydrogens is 298 g/mol. The fraction of sp³-hybridized carbons (Fsp3) is 0.500. The third-order valence-electron chi connectivity index (χ3n) is 5.49. The Kier molecular flexibility index (Phi) is 4.13. The van der Waals surface area contributed by atoms with E-state index in [4.69, 9.17) is 4.98 Å². The van der Waals surface area contributed by atoms with Crippen LogP contribution in [-0.2, 0) is 11.8 Å². The summed E-state index contributed by atoms with van der Waals surface area (Å²) in [4.78, 5) is 19.9. The number of para-hydroxylation sites is 2. The topological polar surface area (TPSA) is 38.1 Å². The molecule has 24 heavy (non-hydrogen) atoms. The lowest BCUT2D eigenvalue weighted by atomic mass is 9.98. The van der Waals surface area contributed by atoms with E-state index in [0.29, 0.717) is 18.2 Å². The molecule has 0 N–H and O–H groups in total. The van der Waals surface area contributed by atoms with Crippen LogP contribution >= 0.6 is 0 Å². The number of benzene rings is 1. The zero-order chi connectivity index (χ0) is 16.5. The molecule has 2 heterocycles. The summed E-state index contributed by atoms with van der Waals surface area (Å²) in [6, 6.07) is 8.34. The molecule has 0 spiro atoms. The van der Waals surface area contributed by atoms with Gasteiger partial charge in [0.2, 0.25) is 5.91 Å². The largest absolute Gasteiger partial charge is 0.332 e. The van der Waals surface area contributed by atoms with Crippen molar-refractivity contribution in [1.29, 1.82) is 0 Å². The maximum atomic E-state index is 12.9. The van der Waals surface area contributed by atoms with Gasteiger partial charge in [-0.15, -0.1) is 0 Å². The molecule has 4 nitrogen and oxygen atoms in total. The van der Waals surface area contributed by atoms with Crippen LogP contribution in [0.5, 0.6) is 0 Å². The van der Waals surface area contributed by atoms with Crippen LogP contribution in [0.3, 0.4) is 0 Å². The molecule has 1 amide bonds. The van der Waals surface area contributed by atoms with Gasteiger partial charge in [-0.05, 0) is 50.2 Å². The van der Waals surface area contributed by atoms with Gasteiger partial charge in [-0.3, -0.25) is 4.79 Å². The summed E-state index contributed by atoms with van der Waals surface area (Å²) in [6.45, 7) is 0.864. The van der Waals surface area contributed by atoms with Crippen LogP contribution in [0.2, 0.25) is 0 Å². The predicted octanol–water partition coefficient (Wildman–Crippen LogP) is 3.98. The molecule has 1 saturated heterocycles. The number of hydrogen-bond acceptors (Lipinski definition) is 2. The smallest absolute Gasteiger partial charge is 0.223 e. The highest BCUT2D eigenvalue weighted by molar-refractivity contribution is 5.78. The van der Waals surface area contributed by atoms with Crippen molar-refractivity contribution in [3.8, 4) is 0 Å². The molecule has 1 aliphatic heterocycles. The van der Waals surface area contributed by atoms with E-state index in [9.17, 15) is 4.79 Å². The number of rotatable bonds is 3. The molecule has 1 fully saturated rings. The van der Waals surface area contributed by atoms with E-state index in [-0.39, 0.29) is 6.04 Å². The van der Waals surface area contributed by atoms with Crippen molar-refractivity contribution < 1.29 is 4.79 Å². The monoisotopic (exact) mass is 323 g/mol. The Morgan fingerprint density at radius 2 is 2.12 bits per heavy atom. The molecule has 126 valence electrons. The van der Waals surface area contributed by atoms with E-state index in [1.165, 1.54) is 6.42 Å². The van der Waals surface area contributed by atoms with Crippen molar-refractivity contribution in [1.82, 2.24) is 14.5 Å². The molecule has 1 aliphatic carbocycles. The maximum absolute atomic E-state index is 12.9. The van der Waals surface area contributed by atoms with Crippen LogP contribution in [0.4, 0.5) is 0 Å². The molecule has 2 aromatic rings. The molecule has 0 unspecified atom stereocenters. The number of hydrogen-bond donors (Lipinski definition) is 0. The number of allylic oxidation sites excluding steroid dienone is 2. The first-order valence-corrected chi connectivity index (χ1v) is 9.11. The first kappa shape index (κ1) is 15.4. The second-order valence-electron chi connectivity index (χ2n) is 7.09. The van der Waals surface area contributed by atoms with Crippen LogP contribution in [0.15, 0.2) is 36.4 Å². The Hall–Kier alpha value is -2.10. The van der Waals surface area contributed by atoms with Crippen molar-refractivity contribution >= 4 is 16.9 Å². The first-order chi connectivity index (χ1) is 11.7. The number of amides is 1. The number of carbonyl (C=O) groups excluding carboxylic acids is 1. The van der Waals surface area contributed by atoms with E-state index in [1.807, 2.05) is 12.1 Å². The zero-order valence-electron chi connectivity index (χ0n) is 14.3. The van der Waals surface area contributed by atoms with Crippen molar-refractivity contribution in [2.75, 3.05) is 6.54 Å². The van der Waals surface area contributed by atoms with E-state index in [0.717, 1.165) is 49.1 Å². The maximum Gasteiger partial charge on any atom is 0.223 e. The molecular formula is C20H25N3O. The van der Waals surface area contributed by atoms with Crippen LogP contribution in [0.1, 0.15) is 50.4 Å². The van der Waals surface area contributed by atoms with Crippen LogP contribution in [-0.4, -0.2) is 26.9 Å². The minimum atomic E-state index is 0.119. The second-order valence-corrected chi connectivity index (χ2v) is 7.09. The fourth-order valence-corrected chi connectivity index (χ4v) is 4.17. The predicted molar refractivity (Wildman–Crippen MR) is 95.5 cm³/mol. The average Bonchev–Trinajstić information content (AvgIpc) is 3.23. The van der Waals surface area contributed by atoms with Gasteiger partial charge in [0.05, 0.1) is 17.1 Å². The first-order valence-electron chi connectivity index (χ1n) is 9.11. The highest BCUT2D eigenvalue weighted by Gasteiger charge is 2.32. The number of imidazole rings is 1. The molecule has 0 bridgehead atoms. The van der Waals surface area contributed by atoms with Gasteiger partial charge >= 0.3 is 0 Å². The number of fused-ring (bicyclic) bond motifs is 1. The van der Waals surface area contributed by atoms with Gasteiger partial charge in [0, 0.05) is 20.0 Å². The van der Waals surface area contributed by atoms with Gasteiger partial charge in [-0.2, -0.15) is 0 Å². The number of likely N-dealkylation sites (tertiary alicyclic amines) is 1. The average molecular weight is 323 g/mol. The zero-order valence-corrected chi connectivity index (χ0v) is 14.3. The van der Waals surface area contributed by atoms with Crippen LogP contribution in [0, 0.1) is 5.92 Å².